The van der Waals surface area contributed by atoms with Gasteiger partial charge in [-0.1, -0.05) is 12.1 Å². The number of imidazole rings is 1. The average molecular weight is 286 g/mol. The molecule has 106 valence electrons. The molecule has 0 unspecified atom stereocenters. The zero-order valence-corrected chi connectivity index (χ0v) is 12.1. The Morgan fingerprint density at radius 2 is 1.68 bits per heavy atom. The smallest absolute Gasteiger partial charge is 0.100 e. The summed E-state index contributed by atoms with van der Waals surface area (Å²) in [6, 6.07) is 12.2. The van der Waals surface area contributed by atoms with Crippen LogP contribution in [0.25, 0.3) is 27.8 Å². The van der Waals surface area contributed by atoms with Crippen molar-refractivity contribution in [2.75, 3.05) is 0 Å². The molecule has 0 bridgehead atoms. The first-order valence-electron chi connectivity index (χ1n) is 7.12. The maximum Gasteiger partial charge on any atom is 0.100 e. The highest BCUT2D eigenvalue weighted by atomic mass is 15.0. The van der Waals surface area contributed by atoms with Gasteiger partial charge in [0.2, 0.25) is 0 Å². The van der Waals surface area contributed by atoms with Crippen molar-refractivity contribution in [3.63, 3.8) is 0 Å². The fourth-order valence-corrected chi connectivity index (χ4v) is 2.71. The summed E-state index contributed by atoms with van der Waals surface area (Å²) in [5, 5.41) is 0. The first-order chi connectivity index (χ1) is 10.8. The van der Waals surface area contributed by atoms with Gasteiger partial charge in [0.25, 0.3) is 0 Å². The normalized spacial score (nSPS) is 11.0. The second-order valence-corrected chi connectivity index (χ2v) is 5.18. The standard InChI is InChI=1S/C18H14N4/c1-13-5-8-20-11-16(13)15-3-2-4-17-18(15)21-12-22(17)14-6-9-19-10-7-14/h2-12H,1H3. The van der Waals surface area contributed by atoms with Crippen LogP contribution in [0.4, 0.5) is 0 Å². The number of aryl methyl sites for hydroxylation is 1. The predicted molar refractivity (Wildman–Crippen MR) is 86.8 cm³/mol. The number of fused-ring (bicyclic) bond motifs is 1. The van der Waals surface area contributed by atoms with Crippen molar-refractivity contribution in [2.45, 2.75) is 6.92 Å². The van der Waals surface area contributed by atoms with Crippen LogP contribution < -0.4 is 0 Å². The van der Waals surface area contributed by atoms with Crippen molar-refractivity contribution in [2.24, 2.45) is 0 Å². The molecular formula is C18H14N4. The highest BCUT2D eigenvalue weighted by Gasteiger charge is 2.11. The molecule has 22 heavy (non-hydrogen) atoms. The van der Waals surface area contributed by atoms with E-state index in [1.54, 1.807) is 12.4 Å². The first-order valence-corrected chi connectivity index (χ1v) is 7.12. The minimum atomic E-state index is 0.982. The van der Waals surface area contributed by atoms with Crippen LogP contribution in [0.5, 0.6) is 0 Å². The Morgan fingerprint density at radius 1 is 0.864 bits per heavy atom. The molecule has 0 saturated heterocycles. The maximum atomic E-state index is 4.63. The van der Waals surface area contributed by atoms with Crippen LogP contribution in [-0.2, 0) is 0 Å². The Morgan fingerprint density at radius 3 is 2.50 bits per heavy atom. The molecule has 4 heteroatoms. The lowest BCUT2D eigenvalue weighted by atomic mass is 10.0. The fourth-order valence-electron chi connectivity index (χ4n) is 2.71. The van der Waals surface area contributed by atoms with E-state index in [-0.39, 0.29) is 0 Å². The number of nitrogens with zero attached hydrogens (tertiary/aromatic N) is 4. The summed E-state index contributed by atoms with van der Waals surface area (Å²) in [6.07, 6.45) is 9.14. The van der Waals surface area contributed by atoms with Gasteiger partial charge in [-0.3, -0.25) is 14.5 Å². The highest BCUT2D eigenvalue weighted by molar-refractivity contribution is 5.93. The van der Waals surface area contributed by atoms with Crippen LogP contribution >= 0.6 is 0 Å². The number of aromatic nitrogens is 4. The number of para-hydroxylation sites is 1. The number of hydrogen-bond donors (Lipinski definition) is 0. The van der Waals surface area contributed by atoms with E-state index in [0.29, 0.717) is 0 Å². The molecule has 0 aliphatic rings. The lowest BCUT2D eigenvalue weighted by Crippen LogP contribution is -1.92. The zero-order chi connectivity index (χ0) is 14.9. The van der Waals surface area contributed by atoms with Crippen LogP contribution in [0, 0.1) is 6.92 Å². The van der Waals surface area contributed by atoms with Crippen molar-refractivity contribution in [1.82, 2.24) is 19.5 Å². The van der Waals surface area contributed by atoms with Crippen molar-refractivity contribution in [3.8, 4) is 16.8 Å². The lowest BCUT2D eigenvalue weighted by Gasteiger charge is -2.07. The van der Waals surface area contributed by atoms with Crippen LogP contribution in [0.3, 0.4) is 0 Å². The molecule has 0 amide bonds. The minimum Gasteiger partial charge on any atom is -0.299 e. The van der Waals surface area contributed by atoms with Crippen molar-refractivity contribution in [3.05, 3.63) is 73.1 Å². The van der Waals surface area contributed by atoms with Crippen LogP contribution in [-0.4, -0.2) is 19.5 Å². The zero-order valence-electron chi connectivity index (χ0n) is 12.1. The number of hydrogen-bond acceptors (Lipinski definition) is 3. The van der Waals surface area contributed by atoms with Crippen molar-refractivity contribution in [1.29, 1.82) is 0 Å². The van der Waals surface area contributed by atoms with Crippen molar-refractivity contribution < 1.29 is 0 Å². The molecular weight excluding hydrogens is 272 g/mol. The average Bonchev–Trinajstić information content (AvgIpc) is 3.00. The van der Waals surface area contributed by atoms with Crippen molar-refractivity contribution >= 4 is 11.0 Å². The SMILES string of the molecule is Cc1ccncc1-c1cccc2c1ncn2-c1ccncc1. The van der Waals surface area contributed by atoms with Gasteiger partial charge in [0, 0.05) is 35.9 Å². The molecule has 0 N–H and O–H groups in total. The Bertz CT molecular complexity index is 942. The van der Waals surface area contributed by atoms with Gasteiger partial charge < -0.3 is 0 Å². The third kappa shape index (κ3) is 1.97. The number of rotatable bonds is 2. The molecule has 0 fully saturated rings. The summed E-state index contributed by atoms with van der Waals surface area (Å²) in [4.78, 5) is 12.9. The molecule has 0 atom stereocenters. The monoisotopic (exact) mass is 286 g/mol. The van der Waals surface area contributed by atoms with E-state index in [1.165, 1.54) is 5.56 Å². The quantitative estimate of drug-likeness (QED) is 0.563. The summed E-state index contributed by atoms with van der Waals surface area (Å²) in [7, 11) is 0. The molecule has 0 aliphatic carbocycles. The van der Waals surface area contributed by atoms with Gasteiger partial charge in [-0.15, -0.1) is 0 Å². The Labute approximate surface area is 128 Å². The van der Waals surface area contributed by atoms with E-state index in [1.807, 2.05) is 36.9 Å². The Kier molecular flexibility index (Phi) is 2.93. The second-order valence-electron chi connectivity index (χ2n) is 5.18. The molecule has 4 aromatic rings. The third-order valence-electron chi connectivity index (χ3n) is 3.85. The van der Waals surface area contributed by atoms with Gasteiger partial charge in [0.15, 0.2) is 0 Å². The van der Waals surface area contributed by atoms with E-state index in [0.717, 1.165) is 27.8 Å². The van der Waals surface area contributed by atoms with Gasteiger partial charge in [-0.25, -0.2) is 4.98 Å². The van der Waals surface area contributed by atoms with Crippen LogP contribution in [0.1, 0.15) is 5.56 Å². The van der Waals surface area contributed by atoms with Gasteiger partial charge >= 0.3 is 0 Å². The molecule has 1 aromatic carbocycles. The van der Waals surface area contributed by atoms with Gasteiger partial charge in [0.1, 0.15) is 6.33 Å². The topological polar surface area (TPSA) is 43.6 Å². The van der Waals surface area contributed by atoms with Gasteiger partial charge in [-0.05, 0) is 36.8 Å². The lowest BCUT2D eigenvalue weighted by molar-refractivity contribution is 1.08. The van der Waals surface area contributed by atoms with Crippen LogP contribution in [0.2, 0.25) is 0 Å². The molecule has 0 saturated carbocycles. The maximum absolute atomic E-state index is 4.63. The number of pyridine rings is 2. The fraction of sp³-hybridized carbons (Fsp3) is 0.0556. The molecule has 4 rings (SSSR count). The first kappa shape index (κ1) is 12.7. The molecule has 4 nitrogen and oxygen atoms in total. The van der Waals surface area contributed by atoms with Gasteiger partial charge in [-0.2, -0.15) is 0 Å². The highest BCUT2D eigenvalue weighted by Crippen LogP contribution is 2.30. The van der Waals surface area contributed by atoms with E-state index in [2.05, 4.69) is 44.6 Å². The third-order valence-corrected chi connectivity index (χ3v) is 3.85. The van der Waals surface area contributed by atoms with E-state index >= 15 is 0 Å². The van der Waals surface area contributed by atoms with Gasteiger partial charge in [0.05, 0.1) is 16.7 Å². The van der Waals surface area contributed by atoms with E-state index in [4.69, 9.17) is 0 Å². The molecule has 0 spiro atoms. The summed E-state index contributed by atoms with van der Waals surface area (Å²) in [5.74, 6) is 0. The van der Waals surface area contributed by atoms with E-state index in [9.17, 15) is 0 Å². The van der Waals surface area contributed by atoms with E-state index < -0.39 is 0 Å². The summed E-state index contributed by atoms with van der Waals surface area (Å²) in [6.45, 7) is 2.09. The Hall–Kier alpha value is -3.01. The summed E-state index contributed by atoms with van der Waals surface area (Å²) < 4.78 is 2.08. The summed E-state index contributed by atoms with van der Waals surface area (Å²) in [5.41, 5.74) is 6.53. The molecule has 0 aliphatic heterocycles. The Balaban J connectivity index is 1.97. The molecule has 3 aromatic heterocycles. The second kappa shape index (κ2) is 5.07. The largest absolute Gasteiger partial charge is 0.299 e. The molecule has 0 radical (unpaired) electrons. The van der Waals surface area contributed by atoms with Crippen LogP contribution in [0.15, 0.2) is 67.5 Å². The number of benzene rings is 1. The summed E-state index contributed by atoms with van der Waals surface area (Å²) >= 11 is 0. The predicted octanol–water partition coefficient (Wildman–Crippen LogP) is 3.79. The minimum absolute atomic E-state index is 0.982. The molecule has 3 heterocycles.